The molecule has 0 aliphatic carbocycles. The SMILES string of the molecule is CNCCSC(=N)N.O=S(=O)(O)O. The van der Waals surface area contributed by atoms with Gasteiger partial charge in [-0.05, 0) is 7.05 Å². The Balaban J connectivity index is 0. The van der Waals surface area contributed by atoms with Crippen LogP contribution < -0.4 is 11.1 Å². The Morgan fingerprint density at radius 2 is 2.00 bits per heavy atom. The molecule has 0 spiro atoms. The van der Waals surface area contributed by atoms with Crippen molar-refractivity contribution in [1.82, 2.24) is 5.32 Å². The highest BCUT2D eigenvalue weighted by Gasteiger charge is 1.86. The van der Waals surface area contributed by atoms with Gasteiger partial charge in [-0.1, -0.05) is 11.8 Å². The summed E-state index contributed by atoms with van der Waals surface area (Å²) in [5.74, 6) is 0.881. The maximum Gasteiger partial charge on any atom is 0.394 e. The Hall–Kier alpha value is -0.350. The standard InChI is InChI=1S/C4H11N3S.H2O4S/c1-7-2-3-8-4(5)6;1-5(2,3)4/h7H,2-3H2,1H3,(H3,5,6);(H2,1,2,3,4). The second kappa shape index (κ2) is 8.26. The summed E-state index contributed by atoms with van der Waals surface area (Å²) in [6.07, 6.45) is 0. The molecule has 0 fully saturated rings. The van der Waals surface area contributed by atoms with Gasteiger partial charge in [0.2, 0.25) is 0 Å². The van der Waals surface area contributed by atoms with Crippen LogP contribution in [0, 0.1) is 5.41 Å². The first kappa shape index (κ1) is 15.1. The summed E-state index contributed by atoms with van der Waals surface area (Å²) >= 11 is 1.35. The molecular formula is C4H13N3O4S2. The van der Waals surface area contributed by atoms with Crippen LogP contribution in [-0.2, 0) is 10.4 Å². The molecule has 0 aliphatic heterocycles. The fourth-order valence-corrected chi connectivity index (χ4v) is 0.789. The molecule has 0 aromatic carbocycles. The van der Waals surface area contributed by atoms with Gasteiger partial charge >= 0.3 is 10.4 Å². The van der Waals surface area contributed by atoms with E-state index in [0.29, 0.717) is 0 Å². The predicted molar refractivity (Wildman–Crippen MR) is 52.5 cm³/mol. The monoisotopic (exact) mass is 231 g/mol. The number of nitrogens with two attached hydrogens (primary N) is 1. The Morgan fingerprint density at radius 1 is 1.62 bits per heavy atom. The molecule has 6 N–H and O–H groups in total. The van der Waals surface area contributed by atoms with Crippen molar-refractivity contribution in [3.05, 3.63) is 0 Å². The lowest BCUT2D eigenvalue weighted by Crippen LogP contribution is -2.13. The van der Waals surface area contributed by atoms with Gasteiger partial charge in [0.25, 0.3) is 0 Å². The van der Waals surface area contributed by atoms with Gasteiger partial charge in [0, 0.05) is 12.3 Å². The number of amidine groups is 1. The topological polar surface area (TPSA) is 136 Å². The molecule has 0 aromatic rings. The molecule has 0 aliphatic rings. The Kier molecular flexibility index (Phi) is 9.61. The molecular weight excluding hydrogens is 218 g/mol. The second-order valence-electron chi connectivity index (χ2n) is 1.76. The van der Waals surface area contributed by atoms with Gasteiger partial charge in [-0.15, -0.1) is 0 Å². The van der Waals surface area contributed by atoms with Gasteiger partial charge < -0.3 is 11.1 Å². The van der Waals surface area contributed by atoms with E-state index in [0.717, 1.165) is 12.3 Å². The molecule has 13 heavy (non-hydrogen) atoms. The minimum absolute atomic E-state index is 0.195. The first-order chi connectivity index (χ1) is 5.77. The molecule has 7 nitrogen and oxygen atoms in total. The molecule has 9 heteroatoms. The molecule has 80 valence electrons. The molecule has 0 rings (SSSR count). The van der Waals surface area contributed by atoms with E-state index in [1.807, 2.05) is 7.05 Å². The van der Waals surface area contributed by atoms with Crippen LogP contribution in [0.3, 0.4) is 0 Å². The van der Waals surface area contributed by atoms with Crippen LogP contribution in [0.15, 0.2) is 0 Å². The molecule has 0 radical (unpaired) electrons. The van der Waals surface area contributed by atoms with Gasteiger partial charge in [-0.25, -0.2) is 0 Å². The van der Waals surface area contributed by atoms with Crippen molar-refractivity contribution in [2.24, 2.45) is 5.73 Å². The molecule has 0 unspecified atom stereocenters. The summed E-state index contributed by atoms with van der Waals surface area (Å²) in [6.45, 7) is 0.907. The molecule has 0 atom stereocenters. The highest BCUT2D eigenvalue weighted by atomic mass is 32.3. The highest BCUT2D eigenvalue weighted by molar-refractivity contribution is 8.13. The van der Waals surface area contributed by atoms with E-state index in [4.69, 9.17) is 28.7 Å². The number of hydrogen-bond donors (Lipinski definition) is 5. The van der Waals surface area contributed by atoms with Crippen LogP contribution in [0.5, 0.6) is 0 Å². The quantitative estimate of drug-likeness (QED) is 0.185. The number of rotatable bonds is 3. The number of hydrogen-bond acceptors (Lipinski definition) is 5. The summed E-state index contributed by atoms with van der Waals surface area (Å²) in [6, 6.07) is 0. The maximum absolute atomic E-state index is 8.74. The Labute approximate surface area is 81.2 Å². The third-order valence-corrected chi connectivity index (χ3v) is 1.33. The van der Waals surface area contributed by atoms with Gasteiger partial charge in [0.1, 0.15) is 0 Å². The zero-order valence-corrected chi connectivity index (χ0v) is 8.65. The normalized spacial score (nSPS) is 10.1. The van der Waals surface area contributed by atoms with E-state index in [1.54, 1.807) is 0 Å². The lowest BCUT2D eigenvalue weighted by Gasteiger charge is -1.94. The van der Waals surface area contributed by atoms with E-state index < -0.39 is 10.4 Å². The Bertz CT molecular complexity index is 220. The van der Waals surface area contributed by atoms with Crippen LogP contribution in [0.25, 0.3) is 0 Å². The minimum atomic E-state index is -4.67. The first-order valence-electron chi connectivity index (χ1n) is 3.08. The molecule has 0 amide bonds. The zero-order valence-electron chi connectivity index (χ0n) is 7.02. The summed E-state index contributed by atoms with van der Waals surface area (Å²) in [4.78, 5) is 0. The van der Waals surface area contributed by atoms with Crippen LogP contribution in [0.2, 0.25) is 0 Å². The molecule has 0 aromatic heterocycles. The van der Waals surface area contributed by atoms with Gasteiger partial charge in [0.15, 0.2) is 5.17 Å². The van der Waals surface area contributed by atoms with E-state index in [1.165, 1.54) is 11.8 Å². The van der Waals surface area contributed by atoms with Crippen molar-refractivity contribution in [2.75, 3.05) is 19.3 Å². The largest absolute Gasteiger partial charge is 0.394 e. The van der Waals surface area contributed by atoms with Gasteiger partial charge in [0.05, 0.1) is 0 Å². The third-order valence-electron chi connectivity index (χ3n) is 0.610. The van der Waals surface area contributed by atoms with E-state index in [2.05, 4.69) is 5.32 Å². The van der Waals surface area contributed by atoms with Crippen molar-refractivity contribution < 1.29 is 17.5 Å². The average molecular weight is 231 g/mol. The molecule has 0 bridgehead atoms. The molecule has 0 saturated heterocycles. The van der Waals surface area contributed by atoms with Crippen LogP contribution in [0.1, 0.15) is 0 Å². The highest BCUT2D eigenvalue weighted by Crippen LogP contribution is 1.93. The summed E-state index contributed by atoms with van der Waals surface area (Å²) < 4.78 is 31.6. The summed E-state index contributed by atoms with van der Waals surface area (Å²) in [7, 11) is -2.79. The van der Waals surface area contributed by atoms with E-state index in [9.17, 15) is 0 Å². The lowest BCUT2D eigenvalue weighted by atomic mass is 10.8. The first-order valence-corrected chi connectivity index (χ1v) is 5.47. The lowest BCUT2D eigenvalue weighted by molar-refractivity contribution is 0.381. The minimum Gasteiger partial charge on any atom is -0.379 e. The fraction of sp³-hybridized carbons (Fsp3) is 0.750. The third kappa shape index (κ3) is 50.2. The van der Waals surface area contributed by atoms with E-state index in [-0.39, 0.29) is 5.17 Å². The van der Waals surface area contributed by atoms with Crippen molar-refractivity contribution in [3.63, 3.8) is 0 Å². The van der Waals surface area contributed by atoms with Gasteiger partial charge in [-0.2, -0.15) is 8.42 Å². The van der Waals surface area contributed by atoms with Gasteiger partial charge in [-0.3, -0.25) is 14.5 Å². The van der Waals surface area contributed by atoms with Crippen LogP contribution in [-0.4, -0.2) is 42.0 Å². The summed E-state index contributed by atoms with van der Waals surface area (Å²) in [5, 5.41) is 9.93. The zero-order chi connectivity index (χ0) is 10.9. The fourth-order valence-electron chi connectivity index (χ4n) is 0.263. The predicted octanol–water partition coefficient (Wildman–Crippen LogP) is -0.820. The maximum atomic E-state index is 8.74. The number of nitrogens with one attached hydrogen (secondary N) is 2. The smallest absolute Gasteiger partial charge is 0.379 e. The molecule has 0 heterocycles. The summed E-state index contributed by atoms with van der Waals surface area (Å²) in [5.41, 5.74) is 5.05. The Morgan fingerprint density at radius 3 is 2.23 bits per heavy atom. The molecule has 0 saturated carbocycles. The van der Waals surface area contributed by atoms with Crippen molar-refractivity contribution in [3.8, 4) is 0 Å². The van der Waals surface area contributed by atoms with Crippen LogP contribution in [0.4, 0.5) is 0 Å². The van der Waals surface area contributed by atoms with Crippen LogP contribution >= 0.6 is 11.8 Å². The van der Waals surface area contributed by atoms with Crippen molar-refractivity contribution in [2.45, 2.75) is 0 Å². The van der Waals surface area contributed by atoms with Crippen molar-refractivity contribution in [1.29, 1.82) is 5.41 Å². The second-order valence-corrected chi connectivity index (χ2v) is 3.80. The van der Waals surface area contributed by atoms with Crippen molar-refractivity contribution >= 4 is 27.3 Å². The average Bonchev–Trinajstić information content (AvgIpc) is 1.83. The number of thioether (sulfide) groups is 1. The van der Waals surface area contributed by atoms with E-state index >= 15 is 0 Å².